The summed E-state index contributed by atoms with van der Waals surface area (Å²) in [4.78, 5) is 16.6. The van der Waals surface area contributed by atoms with Gasteiger partial charge in [-0.2, -0.15) is 4.98 Å². The summed E-state index contributed by atoms with van der Waals surface area (Å²) >= 11 is 0. The number of morpholine rings is 1. The maximum absolute atomic E-state index is 5.47. The van der Waals surface area contributed by atoms with Gasteiger partial charge in [-0.05, 0) is 37.1 Å². The summed E-state index contributed by atoms with van der Waals surface area (Å²) in [6, 6.07) is 11.2. The van der Waals surface area contributed by atoms with Crippen molar-refractivity contribution in [3.8, 4) is 0 Å². The van der Waals surface area contributed by atoms with Gasteiger partial charge in [0, 0.05) is 69.6 Å². The molecular formula is C24H32N6O. The first-order valence-corrected chi connectivity index (χ1v) is 11.3. The van der Waals surface area contributed by atoms with Gasteiger partial charge in [0.1, 0.15) is 5.82 Å². The highest BCUT2D eigenvalue weighted by molar-refractivity contribution is 5.83. The maximum Gasteiger partial charge on any atom is 0.227 e. The molecule has 2 aromatic heterocycles. The molecule has 0 radical (unpaired) electrons. The normalized spacial score (nSPS) is 20.3. The van der Waals surface area contributed by atoms with E-state index in [4.69, 9.17) is 9.72 Å². The molecule has 1 unspecified atom stereocenters. The fourth-order valence-corrected chi connectivity index (χ4v) is 4.92. The van der Waals surface area contributed by atoms with Gasteiger partial charge in [0.25, 0.3) is 0 Å². The SMILES string of the molecule is CN(c1ccnc(N2CCOCC2)n1)C1CCCN(Cc2cn(C)c3ccccc23)C1. The van der Waals surface area contributed by atoms with E-state index in [2.05, 4.69) is 68.8 Å². The summed E-state index contributed by atoms with van der Waals surface area (Å²) in [6.07, 6.45) is 6.58. The van der Waals surface area contributed by atoms with Crippen molar-refractivity contribution in [1.29, 1.82) is 0 Å². The summed E-state index contributed by atoms with van der Waals surface area (Å²) in [7, 11) is 4.32. The Bertz CT molecular complexity index is 1030. The van der Waals surface area contributed by atoms with E-state index in [1.54, 1.807) is 0 Å². The third kappa shape index (κ3) is 4.25. The average molecular weight is 421 g/mol. The molecule has 164 valence electrons. The third-order valence-electron chi connectivity index (χ3n) is 6.69. The first-order valence-electron chi connectivity index (χ1n) is 11.3. The van der Waals surface area contributed by atoms with E-state index in [9.17, 15) is 0 Å². The highest BCUT2D eigenvalue weighted by Gasteiger charge is 2.25. The zero-order valence-corrected chi connectivity index (χ0v) is 18.6. The smallest absolute Gasteiger partial charge is 0.227 e. The molecule has 5 rings (SSSR count). The second kappa shape index (κ2) is 8.85. The number of rotatable bonds is 5. The highest BCUT2D eigenvalue weighted by atomic mass is 16.5. The van der Waals surface area contributed by atoms with Crippen molar-refractivity contribution in [2.75, 3.05) is 56.2 Å². The van der Waals surface area contributed by atoms with Crippen LogP contribution in [-0.2, 0) is 18.3 Å². The first kappa shape index (κ1) is 20.3. The van der Waals surface area contributed by atoms with Crippen molar-refractivity contribution < 1.29 is 4.74 Å². The topological polar surface area (TPSA) is 49.7 Å². The number of hydrogen-bond acceptors (Lipinski definition) is 6. The fourth-order valence-electron chi connectivity index (χ4n) is 4.92. The molecule has 2 fully saturated rings. The molecule has 0 saturated carbocycles. The molecule has 1 aromatic carbocycles. The van der Waals surface area contributed by atoms with E-state index in [0.29, 0.717) is 6.04 Å². The predicted octanol–water partition coefficient (Wildman–Crippen LogP) is 2.91. The second-order valence-electron chi connectivity index (χ2n) is 8.74. The number of anilines is 2. The molecular weight excluding hydrogens is 388 g/mol. The molecule has 1 atom stereocenters. The third-order valence-corrected chi connectivity index (χ3v) is 6.69. The van der Waals surface area contributed by atoms with Crippen molar-refractivity contribution in [2.45, 2.75) is 25.4 Å². The second-order valence-corrected chi connectivity index (χ2v) is 8.74. The van der Waals surface area contributed by atoms with Crippen molar-refractivity contribution >= 4 is 22.7 Å². The Morgan fingerprint density at radius 1 is 1.13 bits per heavy atom. The lowest BCUT2D eigenvalue weighted by Crippen LogP contribution is -2.46. The van der Waals surface area contributed by atoms with Gasteiger partial charge in [-0.25, -0.2) is 4.98 Å². The van der Waals surface area contributed by atoms with E-state index in [0.717, 1.165) is 57.7 Å². The first-order chi connectivity index (χ1) is 15.2. The van der Waals surface area contributed by atoms with Crippen LogP contribution >= 0.6 is 0 Å². The van der Waals surface area contributed by atoms with Crippen LogP contribution in [0.25, 0.3) is 10.9 Å². The largest absolute Gasteiger partial charge is 0.378 e. The zero-order valence-electron chi connectivity index (χ0n) is 18.6. The summed E-state index contributed by atoms with van der Waals surface area (Å²) < 4.78 is 7.71. The maximum atomic E-state index is 5.47. The molecule has 0 aliphatic carbocycles. The molecule has 7 nitrogen and oxygen atoms in total. The van der Waals surface area contributed by atoms with Crippen LogP contribution in [0.5, 0.6) is 0 Å². The molecule has 2 aliphatic rings. The number of benzene rings is 1. The minimum atomic E-state index is 0.455. The number of likely N-dealkylation sites (tertiary alicyclic amines) is 1. The Morgan fingerprint density at radius 3 is 2.84 bits per heavy atom. The quantitative estimate of drug-likeness (QED) is 0.633. The van der Waals surface area contributed by atoms with Gasteiger partial charge in [-0.15, -0.1) is 0 Å². The van der Waals surface area contributed by atoms with Gasteiger partial charge in [0.2, 0.25) is 5.95 Å². The van der Waals surface area contributed by atoms with Gasteiger partial charge in [-0.3, -0.25) is 4.90 Å². The number of nitrogens with zero attached hydrogens (tertiary/aromatic N) is 6. The zero-order chi connectivity index (χ0) is 21.2. The number of aromatic nitrogens is 3. The van der Waals surface area contributed by atoms with E-state index < -0.39 is 0 Å². The van der Waals surface area contributed by atoms with Crippen molar-refractivity contribution in [3.63, 3.8) is 0 Å². The van der Waals surface area contributed by atoms with Crippen LogP contribution in [0.4, 0.5) is 11.8 Å². The average Bonchev–Trinajstić information content (AvgIpc) is 3.15. The van der Waals surface area contributed by atoms with Crippen LogP contribution in [0.1, 0.15) is 18.4 Å². The van der Waals surface area contributed by atoms with E-state index in [-0.39, 0.29) is 0 Å². The Kier molecular flexibility index (Phi) is 5.78. The van der Waals surface area contributed by atoms with Gasteiger partial charge < -0.3 is 19.1 Å². The lowest BCUT2D eigenvalue weighted by Gasteiger charge is -2.38. The highest BCUT2D eigenvalue weighted by Crippen LogP contribution is 2.26. The molecule has 3 aromatic rings. The van der Waals surface area contributed by atoms with Gasteiger partial charge >= 0.3 is 0 Å². The molecule has 0 N–H and O–H groups in total. The summed E-state index contributed by atoms with van der Waals surface area (Å²) in [5.41, 5.74) is 2.72. The van der Waals surface area contributed by atoms with E-state index >= 15 is 0 Å². The minimum Gasteiger partial charge on any atom is -0.378 e. The Labute approximate surface area is 184 Å². The van der Waals surface area contributed by atoms with Crippen LogP contribution < -0.4 is 9.80 Å². The van der Waals surface area contributed by atoms with Crippen molar-refractivity contribution in [3.05, 3.63) is 48.3 Å². The van der Waals surface area contributed by atoms with Crippen LogP contribution in [0, 0.1) is 0 Å². The predicted molar refractivity (Wildman–Crippen MR) is 125 cm³/mol. The number of para-hydroxylation sites is 1. The number of fused-ring (bicyclic) bond motifs is 1. The van der Waals surface area contributed by atoms with Crippen LogP contribution in [-0.4, -0.2) is 71.9 Å². The summed E-state index contributed by atoms with van der Waals surface area (Å²) in [5.74, 6) is 1.82. The lowest BCUT2D eigenvalue weighted by atomic mass is 10.0. The Morgan fingerprint density at radius 2 is 1.97 bits per heavy atom. The van der Waals surface area contributed by atoms with Crippen LogP contribution in [0.3, 0.4) is 0 Å². The van der Waals surface area contributed by atoms with Gasteiger partial charge in [-0.1, -0.05) is 18.2 Å². The molecule has 7 heteroatoms. The van der Waals surface area contributed by atoms with Crippen LogP contribution in [0.15, 0.2) is 42.7 Å². The molecule has 0 amide bonds. The monoisotopic (exact) mass is 420 g/mol. The molecule has 2 saturated heterocycles. The summed E-state index contributed by atoms with van der Waals surface area (Å²) in [5, 5.41) is 1.37. The van der Waals surface area contributed by atoms with E-state index in [1.165, 1.54) is 29.3 Å². The van der Waals surface area contributed by atoms with Gasteiger partial charge in [0.15, 0.2) is 0 Å². The lowest BCUT2D eigenvalue weighted by molar-refractivity contribution is 0.122. The van der Waals surface area contributed by atoms with Gasteiger partial charge in [0.05, 0.1) is 13.2 Å². The Balaban J connectivity index is 1.29. The number of piperidine rings is 1. The number of likely N-dealkylation sites (N-methyl/N-ethyl adjacent to an activating group) is 1. The number of aryl methyl sites for hydroxylation is 1. The number of ether oxygens (including phenoxy) is 1. The Hall–Kier alpha value is -2.64. The van der Waals surface area contributed by atoms with Crippen molar-refractivity contribution in [1.82, 2.24) is 19.4 Å². The standard InChI is InChI=1S/C24H32N6O/c1-27-16-19(21-7-3-4-8-22(21)27)17-29-11-5-6-20(18-29)28(2)23-9-10-25-24(26-23)30-12-14-31-15-13-30/h3-4,7-10,16,20H,5-6,11-15,17-18H2,1-2H3. The molecule has 31 heavy (non-hydrogen) atoms. The fraction of sp³-hybridized carbons (Fsp3) is 0.500. The molecule has 0 spiro atoms. The molecule has 4 heterocycles. The summed E-state index contributed by atoms with van der Waals surface area (Å²) in [6.45, 7) is 6.40. The van der Waals surface area contributed by atoms with Crippen molar-refractivity contribution in [2.24, 2.45) is 7.05 Å². The molecule has 2 aliphatic heterocycles. The minimum absolute atomic E-state index is 0.455. The van der Waals surface area contributed by atoms with Crippen LogP contribution in [0.2, 0.25) is 0 Å². The van der Waals surface area contributed by atoms with E-state index in [1.807, 2.05) is 12.3 Å². The number of hydrogen-bond donors (Lipinski definition) is 0. The molecule has 0 bridgehead atoms.